The van der Waals surface area contributed by atoms with Gasteiger partial charge in [0, 0.05) is 36.7 Å². The highest BCUT2D eigenvalue weighted by atomic mass is 35.5. The minimum absolute atomic E-state index is 0.0793. The first-order valence-corrected chi connectivity index (χ1v) is 10.6. The fourth-order valence-corrected chi connectivity index (χ4v) is 4.39. The molecule has 2 aliphatic heterocycles. The van der Waals surface area contributed by atoms with E-state index in [4.69, 9.17) is 22.2 Å². The number of nitrogens with zero attached hydrogens (tertiary/aromatic N) is 2. The van der Waals surface area contributed by atoms with Crippen LogP contribution in [0.2, 0.25) is 0 Å². The second kappa shape index (κ2) is 8.37. The molecule has 1 aromatic heterocycles. The number of phenols is 1. The van der Waals surface area contributed by atoms with Gasteiger partial charge in [0.15, 0.2) is 6.04 Å². The lowest BCUT2D eigenvalue weighted by atomic mass is 9.98. The lowest BCUT2D eigenvalue weighted by Crippen LogP contribution is -2.62. The summed E-state index contributed by atoms with van der Waals surface area (Å²) in [5.41, 5.74) is 9.99. The van der Waals surface area contributed by atoms with Crippen LogP contribution in [0.5, 0.6) is 5.75 Å². The summed E-state index contributed by atoms with van der Waals surface area (Å²) in [6.07, 6.45) is 2.04. The number of rotatable bonds is 7. The van der Waals surface area contributed by atoms with Gasteiger partial charge in [0.1, 0.15) is 11.4 Å². The Morgan fingerprint density at radius 1 is 1.39 bits per heavy atom. The Morgan fingerprint density at radius 2 is 2.16 bits per heavy atom. The summed E-state index contributed by atoms with van der Waals surface area (Å²) in [7, 11) is 0. The molecular formula is C20H24ClN5O5. The molecule has 0 aliphatic carbocycles. The smallest absolute Gasteiger partial charge is 0.349 e. The number of phenolic OH excluding ortho intramolecular Hbond substituents is 1. The number of alkyl halides is 1. The molecule has 0 radical (unpaired) electrons. The summed E-state index contributed by atoms with van der Waals surface area (Å²) >= 11 is 6.14. The third-order valence-electron chi connectivity index (χ3n) is 5.71. The number of unbranched alkanes of at least 4 members (excludes halogenated alkanes) is 1. The van der Waals surface area contributed by atoms with Crippen LogP contribution in [0, 0.1) is 0 Å². The standard InChI is InChI=1S/C20H24ClN5O5/c1-10(27)25-9-11(8-21)17-12-6-13(23-18(12)16(28)7-15(17)25)19(29)24-26-14(20(30)31-26)4-2-3-5-22/h6-7,11,14,23,28H,2-5,8-9,22H2,1H3,(H,24,29)/t11?,14-/m0/s1. The summed E-state index contributed by atoms with van der Waals surface area (Å²) in [6.45, 7) is 2.39. The van der Waals surface area contributed by atoms with E-state index in [0.29, 0.717) is 36.1 Å². The molecule has 3 heterocycles. The van der Waals surface area contributed by atoms with E-state index in [1.165, 1.54) is 13.0 Å². The van der Waals surface area contributed by atoms with Crippen LogP contribution in [0.4, 0.5) is 5.69 Å². The predicted molar refractivity (Wildman–Crippen MR) is 114 cm³/mol. The third kappa shape index (κ3) is 3.71. The Bertz CT molecular complexity index is 1050. The topological polar surface area (TPSA) is 141 Å². The molecule has 11 heteroatoms. The van der Waals surface area contributed by atoms with Crippen molar-refractivity contribution in [3.8, 4) is 5.75 Å². The Hall–Kier alpha value is -2.82. The van der Waals surface area contributed by atoms with Crippen LogP contribution in [-0.2, 0) is 14.4 Å². The molecule has 5 N–H and O–H groups in total. The van der Waals surface area contributed by atoms with E-state index in [1.807, 2.05) is 0 Å². The van der Waals surface area contributed by atoms with E-state index in [-0.39, 0.29) is 29.1 Å². The van der Waals surface area contributed by atoms with E-state index >= 15 is 0 Å². The number of halogens is 1. The number of aromatic amines is 1. The number of benzene rings is 1. The van der Waals surface area contributed by atoms with Gasteiger partial charge in [0.25, 0.3) is 5.91 Å². The first-order valence-electron chi connectivity index (χ1n) is 10.1. The van der Waals surface area contributed by atoms with Crippen molar-refractivity contribution in [3.63, 3.8) is 0 Å². The maximum absolute atomic E-state index is 12.8. The van der Waals surface area contributed by atoms with Crippen LogP contribution >= 0.6 is 11.6 Å². The fourth-order valence-electron chi connectivity index (χ4n) is 4.14. The first-order chi connectivity index (χ1) is 14.8. The zero-order chi connectivity index (χ0) is 22.3. The van der Waals surface area contributed by atoms with Crippen molar-refractivity contribution in [2.24, 2.45) is 5.73 Å². The van der Waals surface area contributed by atoms with Crippen molar-refractivity contribution in [1.29, 1.82) is 0 Å². The third-order valence-corrected chi connectivity index (χ3v) is 6.09. The highest BCUT2D eigenvalue weighted by Gasteiger charge is 2.42. The van der Waals surface area contributed by atoms with Crippen LogP contribution in [0.1, 0.15) is 48.2 Å². The Kier molecular flexibility index (Phi) is 5.78. The molecule has 1 unspecified atom stereocenters. The molecule has 2 amide bonds. The van der Waals surface area contributed by atoms with Gasteiger partial charge in [0.05, 0.1) is 11.2 Å². The Balaban J connectivity index is 1.60. The predicted octanol–water partition coefficient (Wildman–Crippen LogP) is 1.48. The van der Waals surface area contributed by atoms with Gasteiger partial charge < -0.3 is 25.6 Å². The molecule has 4 rings (SSSR count). The molecule has 0 spiro atoms. The molecule has 31 heavy (non-hydrogen) atoms. The summed E-state index contributed by atoms with van der Waals surface area (Å²) in [6, 6.07) is 2.56. The summed E-state index contributed by atoms with van der Waals surface area (Å²) in [4.78, 5) is 45.9. The normalized spacial score (nSPS) is 20.5. The second-order valence-electron chi connectivity index (χ2n) is 7.76. The van der Waals surface area contributed by atoms with Crippen molar-refractivity contribution >= 4 is 46.0 Å². The maximum Gasteiger partial charge on any atom is 0.349 e. The van der Waals surface area contributed by atoms with Gasteiger partial charge in [-0.2, -0.15) is 0 Å². The van der Waals surface area contributed by atoms with Crippen molar-refractivity contribution in [2.45, 2.75) is 38.1 Å². The molecule has 0 bridgehead atoms. The van der Waals surface area contributed by atoms with Gasteiger partial charge in [-0.05, 0) is 42.6 Å². The largest absolute Gasteiger partial charge is 0.506 e. The van der Waals surface area contributed by atoms with Gasteiger partial charge >= 0.3 is 5.97 Å². The second-order valence-corrected chi connectivity index (χ2v) is 8.07. The number of hydrazine groups is 1. The number of aromatic hydroxyl groups is 1. The zero-order valence-electron chi connectivity index (χ0n) is 17.0. The number of nitrogens with two attached hydrogens (primary N) is 1. The van der Waals surface area contributed by atoms with Gasteiger partial charge in [-0.15, -0.1) is 11.6 Å². The Labute approximate surface area is 183 Å². The van der Waals surface area contributed by atoms with E-state index in [0.717, 1.165) is 23.6 Å². The van der Waals surface area contributed by atoms with Crippen LogP contribution < -0.4 is 16.1 Å². The molecule has 1 aromatic carbocycles. The molecular weight excluding hydrogens is 426 g/mol. The lowest BCUT2D eigenvalue weighted by molar-refractivity contribution is -0.274. The molecule has 0 saturated carbocycles. The lowest BCUT2D eigenvalue weighted by Gasteiger charge is -2.36. The van der Waals surface area contributed by atoms with Gasteiger partial charge in [0.2, 0.25) is 5.91 Å². The highest BCUT2D eigenvalue weighted by Crippen LogP contribution is 2.45. The van der Waals surface area contributed by atoms with Gasteiger partial charge in [-0.25, -0.2) is 4.79 Å². The summed E-state index contributed by atoms with van der Waals surface area (Å²) in [5, 5.41) is 12.3. The molecule has 166 valence electrons. The minimum atomic E-state index is -0.553. The SMILES string of the molecule is CC(=O)N1CC(CCl)c2c1cc(O)c1[nH]c(C(=O)NN3OC(=O)[C@@H]3CCCCN)cc21. The van der Waals surface area contributed by atoms with Crippen LogP contribution in [0.15, 0.2) is 12.1 Å². The summed E-state index contributed by atoms with van der Waals surface area (Å²) in [5.74, 6) is -0.995. The molecule has 2 aromatic rings. The average Bonchev–Trinajstić information content (AvgIpc) is 3.33. The summed E-state index contributed by atoms with van der Waals surface area (Å²) < 4.78 is 0. The van der Waals surface area contributed by atoms with Gasteiger partial charge in [-0.3, -0.25) is 15.0 Å². The Morgan fingerprint density at radius 3 is 2.81 bits per heavy atom. The zero-order valence-corrected chi connectivity index (χ0v) is 17.7. The molecule has 2 atom stereocenters. The van der Waals surface area contributed by atoms with Crippen molar-refractivity contribution < 1.29 is 24.3 Å². The average molecular weight is 450 g/mol. The number of hydrogen-bond acceptors (Lipinski definition) is 7. The van der Waals surface area contributed by atoms with E-state index in [9.17, 15) is 19.5 Å². The number of H-pyrrole nitrogens is 1. The number of carbonyl (C=O) groups excluding carboxylic acids is 3. The number of aromatic nitrogens is 1. The van der Waals surface area contributed by atoms with Crippen molar-refractivity contribution in [3.05, 3.63) is 23.4 Å². The maximum atomic E-state index is 12.8. The number of hydrogen-bond donors (Lipinski definition) is 4. The number of nitrogens with one attached hydrogen (secondary N) is 2. The van der Waals surface area contributed by atoms with Crippen molar-refractivity contribution in [1.82, 2.24) is 15.6 Å². The van der Waals surface area contributed by atoms with Crippen LogP contribution in [-0.4, -0.2) is 58.1 Å². The number of hydroxylamine groups is 1. The van der Waals surface area contributed by atoms with Crippen LogP contribution in [0.3, 0.4) is 0 Å². The first kappa shape index (κ1) is 21.4. The number of carbonyl (C=O) groups is 3. The highest BCUT2D eigenvalue weighted by molar-refractivity contribution is 6.19. The number of fused-ring (bicyclic) bond motifs is 3. The molecule has 10 nitrogen and oxygen atoms in total. The monoisotopic (exact) mass is 449 g/mol. The van der Waals surface area contributed by atoms with E-state index < -0.39 is 17.9 Å². The number of anilines is 1. The number of amides is 2. The molecule has 2 aliphatic rings. The van der Waals surface area contributed by atoms with Crippen molar-refractivity contribution in [2.75, 3.05) is 23.9 Å². The van der Waals surface area contributed by atoms with Crippen LogP contribution in [0.25, 0.3) is 10.9 Å². The van der Waals surface area contributed by atoms with E-state index in [2.05, 4.69) is 10.4 Å². The molecule has 1 saturated heterocycles. The van der Waals surface area contributed by atoms with Gasteiger partial charge in [-0.1, -0.05) is 0 Å². The van der Waals surface area contributed by atoms with E-state index in [1.54, 1.807) is 11.0 Å². The minimum Gasteiger partial charge on any atom is -0.506 e. The molecule has 1 fully saturated rings. The fraction of sp³-hybridized carbons (Fsp3) is 0.450. The quantitative estimate of drug-likeness (QED) is 0.370.